The first-order valence-electron chi connectivity index (χ1n) is 5.11. The van der Waals surface area contributed by atoms with Gasteiger partial charge in [-0.05, 0) is 26.1 Å². The summed E-state index contributed by atoms with van der Waals surface area (Å²) in [4.78, 5) is 7.88. The normalized spacial score (nSPS) is 24.0. The van der Waals surface area contributed by atoms with Gasteiger partial charge in [-0.1, -0.05) is 0 Å². The number of hydrogen-bond donors (Lipinski definition) is 2. The first kappa shape index (κ1) is 10.1. The highest BCUT2D eigenvalue weighted by Crippen LogP contribution is 2.30. The summed E-state index contributed by atoms with van der Waals surface area (Å²) >= 11 is 2.02. The number of rotatable bonds is 3. The van der Waals surface area contributed by atoms with E-state index in [0.29, 0.717) is 12.0 Å². The summed E-state index contributed by atoms with van der Waals surface area (Å²) < 4.78 is 0. The van der Waals surface area contributed by atoms with Gasteiger partial charge in [0.1, 0.15) is 5.82 Å². The summed E-state index contributed by atoms with van der Waals surface area (Å²) in [5, 5.41) is 3.21. The minimum atomic E-state index is 0.366. The van der Waals surface area contributed by atoms with E-state index in [2.05, 4.69) is 22.2 Å². The van der Waals surface area contributed by atoms with Crippen LogP contribution < -0.4 is 5.32 Å². The molecular formula is C10H17N3S. The predicted octanol–water partition coefficient (Wildman–Crippen LogP) is 1.91. The van der Waals surface area contributed by atoms with Crippen LogP contribution in [0.25, 0.3) is 0 Å². The lowest BCUT2D eigenvalue weighted by Gasteiger charge is -2.07. The van der Waals surface area contributed by atoms with Gasteiger partial charge >= 0.3 is 0 Å². The number of nitrogens with one attached hydrogen (secondary N) is 2. The van der Waals surface area contributed by atoms with Crippen molar-refractivity contribution in [2.45, 2.75) is 25.3 Å². The molecule has 1 fully saturated rings. The molecule has 1 aromatic rings. The third-order valence-electron chi connectivity index (χ3n) is 2.83. The van der Waals surface area contributed by atoms with E-state index in [0.717, 1.165) is 0 Å². The maximum atomic E-state index is 4.46. The Morgan fingerprint density at radius 2 is 2.57 bits per heavy atom. The fourth-order valence-corrected chi connectivity index (χ4v) is 2.91. The minimum absolute atomic E-state index is 0.366. The van der Waals surface area contributed by atoms with E-state index in [1.165, 1.54) is 29.4 Å². The standard InChI is InChI=1S/C10H17N3S/c1-7(11-2)9-5-12-10(13-9)8-3-4-14-6-8/h5,7-8,11H,3-4,6H2,1-2H3,(H,12,13). The lowest BCUT2D eigenvalue weighted by Crippen LogP contribution is -2.12. The third kappa shape index (κ3) is 1.96. The zero-order valence-corrected chi connectivity index (χ0v) is 9.53. The SMILES string of the molecule is CNC(C)c1cnc(C2CCSC2)[nH]1. The van der Waals surface area contributed by atoms with Gasteiger partial charge in [-0.3, -0.25) is 0 Å². The Bertz CT molecular complexity index is 291. The molecule has 2 rings (SSSR count). The van der Waals surface area contributed by atoms with E-state index in [1.54, 1.807) is 0 Å². The first-order valence-corrected chi connectivity index (χ1v) is 6.26. The molecule has 0 saturated carbocycles. The average Bonchev–Trinajstić information content (AvgIpc) is 2.86. The second-order valence-electron chi connectivity index (χ2n) is 3.79. The molecule has 1 aliphatic rings. The molecule has 0 aliphatic carbocycles. The van der Waals surface area contributed by atoms with Crippen LogP contribution in [-0.2, 0) is 0 Å². The molecule has 2 heterocycles. The molecule has 78 valence electrons. The van der Waals surface area contributed by atoms with Crippen LogP contribution in [-0.4, -0.2) is 28.5 Å². The number of aromatic nitrogens is 2. The molecule has 0 bridgehead atoms. The maximum absolute atomic E-state index is 4.46. The molecule has 0 amide bonds. The Morgan fingerprint density at radius 1 is 1.71 bits per heavy atom. The number of nitrogens with zero attached hydrogens (tertiary/aromatic N) is 1. The summed E-state index contributed by atoms with van der Waals surface area (Å²) in [5.41, 5.74) is 1.19. The highest BCUT2D eigenvalue weighted by atomic mass is 32.2. The molecule has 0 radical (unpaired) electrons. The monoisotopic (exact) mass is 211 g/mol. The van der Waals surface area contributed by atoms with Crippen LogP contribution in [0.5, 0.6) is 0 Å². The molecule has 2 atom stereocenters. The van der Waals surface area contributed by atoms with Gasteiger partial charge in [0.15, 0.2) is 0 Å². The van der Waals surface area contributed by atoms with Gasteiger partial charge in [-0.15, -0.1) is 0 Å². The largest absolute Gasteiger partial charge is 0.344 e. The first-order chi connectivity index (χ1) is 6.81. The van der Waals surface area contributed by atoms with Gasteiger partial charge in [-0.2, -0.15) is 11.8 Å². The van der Waals surface area contributed by atoms with Crippen molar-refractivity contribution in [3.63, 3.8) is 0 Å². The van der Waals surface area contributed by atoms with Crippen molar-refractivity contribution in [2.24, 2.45) is 0 Å². The molecule has 3 nitrogen and oxygen atoms in total. The summed E-state index contributed by atoms with van der Waals surface area (Å²) in [6.45, 7) is 2.14. The van der Waals surface area contributed by atoms with Gasteiger partial charge in [0.2, 0.25) is 0 Å². The lowest BCUT2D eigenvalue weighted by atomic mass is 10.1. The van der Waals surface area contributed by atoms with Crippen LogP contribution in [0.3, 0.4) is 0 Å². The van der Waals surface area contributed by atoms with Crippen molar-refractivity contribution in [2.75, 3.05) is 18.6 Å². The zero-order chi connectivity index (χ0) is 9.97. The van der Waals surface area contributed by atoms with Crippen LogP contribution in [0.1, 0.15) is 36.8 Å². The molecular weight excluding hydrogens is 194 g/mol. The quantitative estimate of drug-likeness (QED) is 0.802. The smallest absolute Gasteiger partial charge is 0.110 e. The molecule has 2 N–H and O–H groups in total. The Labute approximate surface area is 89.1 Å². The number of thioether (sulfide) groups is 1. The molecule has 4 heteroatoms. The van der Waals surface area contributed by atoms with Crippen molar-refractivity contribution in [3.8, 4) is 0 Å². The molecule has 0 aromatic carbocycles. The molecule has 1 saturated heterocycles. The van der Waals surface area contributed by atoms with Gasteiger partial charge in [0.25, 0.3) is 0 Å². The van der Waals surface area contributed by atoms with E-state index in [9.17, 15) is 0 Å². The molecule has 2 unspecified atom stereocenters. The molecule has 1 aliphatic heterocycles. The van der Waals surface area contributed by atoms with Crippen LogP contribution in [0, 0.1) is 0 Å². The summed E-state index contributed by atoms with van der Waals surface area (Å²) in [6.07, 6.45) is 3.23. The Balaban J connectivity index is 2.08. The predicted molar refractivity (Wildman–Crippen MR) is 60.7 cm³/mol. The lowest BCUT2D eigenvalue weighted by molar-refractivity contribution is 0.630. The van der Waals surface area contributed by atoms with E-state index >= 15 is 0 Å². The topological polar surface area (TPSA) is 40.7 Å². The van der Waals surface area contributed by atoms with Crippen molar-refractivity contribution in [1.82, 2.24) is 15.3 Å². The van der Waals surface area contributed by atoms with Gasteiger partial charge in [0.05, 0.1) is 5.69 Å². The van der Waals surface area contributed by atoms with E-state index < -0.39 is 0 Å². The van der Waals surface area contributed by atoms with Crippen molar-refractivity contribution in [3.05, 3.63) is 17.7 Å². The molecule has 1 aromatic heterocycles. The zero-order valence-electron chi connectivity index (χ0n) is 8.71. The van der Waals surface area contributed by atoms with Crippen LogP contribution in [0.4, 0.5) is 0 Å². The highest BCUT2D eigenvalue weighted by molar-refractivity contribution is 7.99. The fourth-order valence-electron chi connectivity index (χ4n) is 1.68. The van der Waals surface area contributed by atoms with Crippen molar-refractivity contribution >= 4 is 11.8 Å². The molecule has 0 spiro atoms. The summed E-state index contributed by atoms with van der Waals surface area (Å²) in [7, 11) is 1.97. The van der Waals surface area contributed by atoms with E-state index in [1.807, 2.05) is 25.0 Å². The Morgan fingerprint density at radius 3 is 3.21 bits per heavy atom. The Kier molecular flexibility index (Phi) is 3.13. The number of aromatic amines is 1. The van der Waals surface area contributed by atoms with Crippen LogP contribution in [0.2, 0.25) is 0 Å². The highest BCUT2D eigenvalue weighted by Gasteiger charge is 2.20. The number of H-pyrrole nitrogens is 1. The average molecular weight is 211 g/mol. The number of imidazole rings is 1. The van der Waals surface area contributed by atoms with Gasteiger partial charge < -0.3 is 10.3 Å². The number of hydrogen-bond acceptors (Lipinski definition) is 3. The van der Waals surface area contributed by atoms with Crippen molar-refractivity contribution in [1.29, 1.82) is 0 Å². The molecule has 14 heavy (non-hydrogen) atoms. The minimum Gasteiger partial charge on any atom is -0.344 e. The van der Waals surface area contributed by atoms with Gasteiger partial charge in [0, 0.05) is 23.9 Å². The van der Waals surface area contributed by atoms with Crippen molar-refractivity contribution < 1.29 is 0 Å². The van der Waals surface area contributed by atoms with Crippen LogP contribution in [0.15, 0.2) is 6.20 Å². The Hall–Kier alpha value is -0.480. The van der Waals surface area contributed by atoms with Crippen LogP contribution >= 0.6 is 11.8 Å². The maximum Gasteiger partial charge on any atom is 0.110 e. The third-order valence-corrected chi connectivity index (χ3v) is 3.99. The second kappa shape index (κ2) is 4.36. The van der Waals surface area contributed by atoms with E-state index in [-0.39, 0.29) is 0 Å². The van der Waals surface area contributed by atoms with E-state index in [4.69, 9.17) is 0 Å². The van der Waals surface area contributed by atoms with Gasteiger partial charge in [-0.25, -0.2) is 4.98 Å². The fraction of sp³-hybridized carbons (Fsp3) is 0.700. The second-order valence-corrected chi connectivity index (χ2v) is 4.94. The summed E-state index contributed by atoms with van der Waals surface area (Å²) in [6, 6.07) is 0.366. The summed E-state index contributed by atoms with van der Waals surface area (Å²) in [5.74, 6) is 4.33.